The van der Waals surface area contributed by atoms with Crippen molar-refractivity contribution in [2.75, 3.05) is 0 Å². The maximum absolute atomic E-state index is 15.7. The van der Waals surface area contributed by atoms with Gasteiger partial charge in [0, 0.05) is 0 Å². The molecule has 0 saturated heterocycles. The highest BCUT2D eigenvalue weighted by atomic mass is 19.2. The van der Waals surface area contributed by atoms with E-state index in [1.165, 1.54) is 0 Å². The second-order valence-electron chi connectivity index (χ2n) is 16.0. The molecule has 32 heteroatoms. The predicted molar refractivity (Wildman–Crippen MR) is 192 cm³/mol. The van der Waals surface area contributed by atoms with Gasteiger partial charge in [-0.05, 0) is 0 Å². The van der Waals surface area contributed by atoms with Crippen molar-refractivity contribution in [3.8, 4) is 0 Å². The molecule has 0 nitrogen and oxygen atoms in total. The topological polar surface area (TPSA) is 0 Å². The van der Waals surface area contributed by atoms with E-state index in [1.807, 2.05) is 0 Å². The average Bonchev–Trinajstić information content (AvgIpc) is 3.53. The van der Waals surface area contributed by atoms with Crippen molar-refractivity contribution in [3.05, 3.63) is 270 Å². The lowest BCUT2D eigenvalue weighted by molar-refractivity contribution is 0.402. The van der Waals surface area contributed by atoms with Crippen LogP contribution in [0.15, 0.2) is 0 Å². The third-order valence-corrected chi connectivity index (χ3v) is 12.1. The van der Waals surface area contributed by atoms with Gasteiger partial charge in [-0.2, -0.15) is 0 Å². The van der Waals surface area contributed by atoms with Crippen LogP contribution in [-0.2, 0) is 0 Å². The van der Waals surface area contributed by atoms with Crippen LogP contribution in [0.1, 0.15) is 0 Å². The van der Waals surface area contributed by atoms with E-state index in [9.17, 15) is 0 Å². The molecule has 0 spiro atoms. The van der Waals surface area contributed by atoms with Crippen LogP contribution < -0.4 is 0 Å². The third-order valence-electron chi connectivity index (χ3n) is 12.1. The van der Waals surface area contributed by atoms with E-state index in [-0.39, 0.29) is 0 Å². The maximum atomic E-state index is 15.7. The molecule has 22 aliphatic carbocycles. The van der Waals surface area contributed by atoms with Crippen LogP contribution in [0.3, 0.4) is 0 Å². The molecule has 30 rings (SSSR count). The maximum Gasteiger partial charge on any atom is 0.170 e. The zero-order valence-electron chi connectivity index (χ0n) is 36.1. The Labute approximate surface area is 410 Å². The molecular formula is C48F32. The highest BCUT2D eigenvalue weighted by molar-refractivity contribution is 5.36. The van der Waals surface area contributed by atoms with Gasteiger partial charge in [0.25, 0.3) is 0 Å². The summed E-state index contributed by atoms with van der Waals surface area (Å²) < 4.78 is 502. The second-order valence-corrected chi connectivity index (χ2v) is 16.0. The fourth-order valence-corrected chi connectivity index (χ4v) is 8.57. The molecule has 8 aromatic rings. The van der Waals surface area contributed by atoms with E-state index in [2.05, 4.69) is 0 Å². The molecule has 0 N–H and O–H groups in total. The van der Waals surface area contributed by atoms with E-state index in [0.717, 1.165) is 0 Å². The first kappa shape index (κ1) is 56.2. The van der Waals surface area contributed by atoms with Crippen molar-refractivity contribution in [2.45, 2.75) is 0 Å². The van der Waals surface area contributed by atoms with Crippen LogP contribution in [0.2, 0.25) is 0 Å². The zero-order valence-corrected chi connectivity index (χ0v) is 36.1. The molecule has 0 radical (unpaired) electrons. The molecule has 0 saturated carbocycles. The molecule has 0 heterocycles. The molecule has 0 amide bonds. The van der Waals surface area contributed by atoms with Crippen LogP contribution in [-0.4, -0.2) is 0 Å². The van der Waals surface area contributed by atoms with E-state index in [1.54, 1.807) is 0 Å². The Bertz CT molecular complexity index is 3640. The first-order valence-electron chi connectivity index (χ1n) is 20.0. The monoisotopic (exact) mass is 1180 g/mol. The van der Waals surface area contributed by atoms with Gasteiger partial charge in [0.2, 0.25) is 0 Å². The molecular weight excluding hydrogens is 1180 g/mol. The Morgan fingerprint density at radius 1 is 0.0625 bits per heavy atom. The summed E-state index contributed by atoms with van der Waals surface area (Å²) in [5, 5.41) is -51.1. The predicted octanol–water partition coefficient (Wildman–Crippen LogP) is 14.7. The Morgan fingerprint density at radius 2 is 0.0875 bits per heavy atom. The lowest BCUT2D eigenvalue weighted by Gasteiger charge is -2.09. The minimum absolute atomic E-state index is 3.20. The summed E-state index contributed by atoms with van der Waals surface area (Å²) in [5.74, 6) is -115. The average molecular weight is 1180 g/mol. The Hall–Kier alpha value is -8.48. The van der Waals surface area contributed by atoms with Crippen LogP contribution in [0.4, 0.5) is 140 Å². The zero-order chi connectivity index (χ0) is 59.7. The molecule has 80 heavy (non-hydrogen) atoms. The summed E-state index contributed by atoms with van der Waals surface area (Å²) >= 11 is 0. The first-order chi connectivity index (χ1) is 37.1. The van der Waals surface area contributed by atoms with Crippen LogP contribution in [0.25, 0.3) is 0 Å². The summed E-state index contributed by atoms with van der Waals surface area (Å²) in [7, 11) is 0. The largest absolute Gasteiger partial charge is 0.203 e. The van der Waals surface area contributed by atoms with Gasteiger partial charge in [-0.3, -0.25) is 0 Å². The summed E-state index contributed by atoms with van der Waals surface area (Å²) in [6, 6.07) is 0. The van der Waals surface area contributed by atoms with Crippen molar-refractivity contribution in [1.82, 2.24) is 0 Å². The minimum atomic E-state index is -3.60. The number of rotatable bonds is 0. The Kier molecular flexibility index (Phi) is 13.0. The number of hydrogen-bond donors (Lipinski definition) is 0. The van der Waals surface area contributed by atoms with Crippen LogP contribution in [0.5, 0.6) is 0 Å². The fraction of sp³-hybridized carbons (Fsp3) is 0. The van der Waals surface area contributed by atoms with Crippen molar-refractivity contribution in [1.29, 1.82) is 0 Å². The van der Waals surface area contributed by atoms with E-state index < -0.39 is 270 Å². The van der Waals surface area contributed by atoms with Gasteiger partial charge in [-0.1, -0.05) is 0 Å². The summed E-state index contributed by atoms with van der Waals surface area (Å²) in [5.41, 5.74) is 0. The van der Waals surface area contributed by atoms with E-state index in [0.29, 0.717) is 0 Å². The number of benzene rings is 8. The van der Waals surface area contributed by atoms with Gasteiger partial charge in [0.05, 0.1) is 83.5 Å². The van der Waals surface area contributed by atoms with E-state index in [4.69, 9.17) is 0 Å². The van der Waals surface area contributed by atoms with Gasteiger partial charge in [-0.25, -0.2) is 140 Å². The van der Waals surface area contributed by atoms with Gasteiger partial charge < -0.3 is 0 Å². The minimum Gasteiger partial charge on any atom is -0.203 e. The molecule has 0 aromatic heterocycles. The number of hydrogen-bond acceptors (Lipinski definition) is 0. The van der Waals surface area contributed by atoms with Gasteiger partial charge in [0.1, 0.15) is 0 Å². The van der Waals surface area contributed by atoms with Gasteiger partial charge in [-0.15, -0.1) is 0 Å². The smallest absolute Gasteiger partial charge is 0.170 e. The molecule has 416 valence electrons. The van der Waals surface area contributed by atoms with Gasteiger partial charge >= 0.3 is 0 Å². The highest BCUT2D eigenvalue weighted by Crippen LogP contribution is 2.33. The third kappa shape index (κ3) is 7.03. The molecule has 8 aromatic carbocycles. The summed E-state index contributed by atoms with van der Waals surface area (Å²) in [4.78, 5) is 0. The van der Waals surface area contributed by atoms with Crippen molar-refractivity contribution >= 4 is 0 Å². The molecule has 0 aliphatic heterocycles. The van der Waals surface area contributed by atoms with Crippen molar-refractivity contribution in [3.63, 3.8) is 0 Å². The summed E-state index contributed by atoms with van der Waals surface area (Å²) in [6.45, 7) is 0. The quantitative estimate of drug-likeness (QED) is 0.105. The molecule has 0 unspecified atom stereocenters. The van der Waals surface area contributed by atoms with Crippen LogP contribution >= 0.6 is 0 Å². The van der Waals surface area contributed by atoms with E-state index >= 15 is 140 Å². The highest BCUT2D eigenvalue weighted by Gasteiger charge is 2.34. The van der Waals surface area contributed by atoms with Crippen LogP contribution in [0, 0.1) is 270 Å². The number of halogens is 32. The van der Waals surface area contributed by atoms with Gasteiger partial charge in [0.15, 0.2) is 186 Å². The molecule has 22 aliphatic rings. The fourth-order valence-electron chi connectivity index (χ4n) is 8.57. The molecule has 0 atom stereocenters. The lowest BCUT2D eigenvalue weighted by atomic mass is 10.0. The normalized spacial score (nSPS) is 12.0. The SMILES string of the molecule is Fc1c(F)c2c(F)c(F)c1=c1c(F)c(F)c(c(F)c1F)=c1c(F)c(F)c(c(F)c1F)=c1c(F)c(F)c(c(F)c1F)=c1c(F)c(F)c(c(F)c1F)=c1c(F)c(F)c(c(F)c1F)=c1c(F)c(F)c(c(F)c1F)=c1c(F)c(F)c=2c(F)c1F. The molecule has 16 bridgehead atoms. The molecule has 0 fully saturated rings. The lowest BCUT2D eigenvalue weighted by Crippen LogP contribution is -2.11. The van der Waals surface area contributed by atoms with Crippen molar-refractivity contribution in [2.24, 2.45) is 0 Å². The Morgan fingerprint density at radius 3 is 0.113 bits per heavy atom. The standard InChI is InChI=1S/C48F32/c49-17-1-2-19(51)23(55)5(24(56)20(2)52)6-27(59)31(63)9(32(64)28(6)60)10-35(67)39(71)13(40(72)36(10)68)14-43(75)47(79)16(48(80)44(14)76)15-45(77)41(73)12(42(74)46(15)78)11-37(69)33(65)8(34(66)38(11)70)7-29(61)25(57)4(26(58)30(7)62)3(21(17)53)22(54)18(1)50. The van der Waals surface area contributed by atoms with Crippen molar-refractivity contribution < 1.29 is 140 Å². The Balaban J connectivity index is 1.73. The second kappa shape index (κ2) is 18.6. The summed E-state index contributed by atoms with van der Waals surface area (Å²) in [6.07, 6.45) is 0. The first-order valence-corrected chi connectivity index (χ1v) is 20.0.